The summed E-state index contributed by atoms with van der Waals surface area (Å²) in [5.41, 5.74) is 1.70. The van der Waals surface area contributed by atoms with Crippen LogP contribution in [0.15, 0.2) is 18.2 Å². The Morgan fingerprint density at radius 2 is 1.89 bits per heavy atom. The molecular formula is C12H16F3NO2. The predicted molar refractivity (Wildman–Crippen MR) is 62.5 cm³/mol. The number of benzene rings is 1. The van der Waals surface area contributed by atoms with Gasteiger partial charge in [0.2, 0.25) is 0 Å². The van der Waals surface area contributed by atoms with Crippen LogP contribution in [0.1, 0.15) is 11.1 Å². The molecule has 3 nitrogen and oxygen atoms in total. The highest BCUT2D eigenvalue weighted by molar-refractivity contribution is 5.54. The highest BCUT2D eigenvalue weighted by Gasteiger charge is 2.31. The molecule has 0 heterocycles. The molecular weight excluding hydrogens is 247 g/mol. The van der Waals surface area contributed by atoms with Crippen LogP contribution < -0.4 is 4.90 Å². The van der Waals surface area contributed by atoms with Crippen LogP contribution in [0.4, 0.5) is 18.9 Å². The van der Waals surface area contributed by atoms with Crippen molar-refractivity contribution in [3.8, 4) is 0 Å². The van der Waals surface area contributed by atoms with Crippen LogP contribution >= 0.6 is 0 Å². The molecule has 18 heavy (non-hydrogen) atoms. The quantitative estimate of drug-likeness (QED) is 0.852. The molecule has 0 saturated carbocycles. The lowest BCUT2D eigenvalue weighted by atomic mass is 10.1. The maximum atomic E-state index is 12.4. The first kappa shape index (κ1) is 14.8. The molecule has 0 aliphatic carbocycles. The molecule has 0 amide bonds. The van der Waals surface area contributed by atoms with E-state index in [9.17, 15) is 13.2 Å². The third kappa shape index (κ3) is 4.19. The maximum Gasteiger partial charge on any atom is 0.405 e. The van der Waals surface area contributed by atoms with Crippen molar-refractivity contribution >= 4 is 5.69 Å². The molecule has 0 aliphatic rings. The number of hydrogen-bond acceptors (Lipinski definition) is 3. The van der Waals surface area contributed by atoms with Gasteiger partial charge in [-0.1, -0.05) is 12.1 Å². The minimum Gasteiger partial charge on any atom is -0.395 e. The standard InChI is InChI=1S/C12H16F3NO2/c1-9-6-10(7-18)2-3-11(9)16(4-5-17)8-12(13,14)15/h2-3,6,17-18H,4-5,7-8H2,1H3. The van der Waals surface area contributed by atoms with Crippen molar-refractivity contribution in [1.29, 1.82) is 0 Å². The molecule has 2 N–H and O–H groups in total. The Labute approximate surface area is 103 Å². The average molecular weight is 263 g/mol. The van der Waals surface area contributed by atoms with E-state index in [0.717, 1.165) is 4.90 Å². The van der Waals surface area contributed by atoms with Crippen LogP contribution in [-0.4, -0.2) is 36.1 Å². The largest absolute Gasteiger partial charge is 0.405 e. The van der Waals surface area contributed by atoms with Gasteiger partial charge in [-0.2, -0.15) is 13.2 Å². The molecule has 6 heteroatoms. The van der Waals surface area contributed by atoms with Crippen molar-refractivity contribution in [3.05, 3.63) is 29.3 Å². The van der Waals surface area contributed by atoms with Crippen LogP contribution in [-0.2, 0) is 6.61 Å². The number of aryl methyl sites for hydroxylation is 1. The Bertz CT molecular complexity index is 393. The number of hydrogen-bond donors (Lipinski definition) is 2. The van der Waals surface area contributed by atoms with Crippen LogP contribution in [0.25, 0.3) is 0 Å². The Hall–Kier alpha value is -1.27. The SMILES string of the molecule is Cc1cc(CO)ccc1N(CCO)CC(F)(F)F. The van der Waals surface area contributed by atoms with Crippen LogP contribution in [0.2, 0.25) is 0 Å². The van der Waals surface area contributed by atoms with Crippen LogP contribution in [0.5, 0.6) is 0 Å². The summed E-state index contributed by atoms with van der Waals surface area (Å²) in [7, 11) is 0. The van der Waals surface area contributed by atoms with Gasteiger partial charge in [-0.25, -0.2) is 0 Å². The van der Waals surface area contributed by atoms with Crippen molar-refractivity contribution in [3.63, 3.8) is 0 Å². The molecule has 102 valence electrons. The predicted octanol–water partition coefficient (Wildman–Crippen LogP) is 1.85. The highest BCUT2D eigenvalue weighted by atomic mass is 19.4. The first-order valence-corrected chi connectivity index (χ1v) is 5.50. The van der Waals surface area contributed by atoms with Crippen LogP contribution in [0.3, 0.4) is 0 Å². The van der Waals surface area contributed by atoms with E-state index in [0.29, 0.717) is 16.8 Å². The second-order valence-corrected chi connectivity index (χ2v) is 4.04. The van der Waals surface area contributed by atoms with Gasteiger partial charge in [0.25, 0.3) is 0 Å². The molecule has 0 unspecified atom stereocenters. The number of alkyl halides is 3. The van der Waals surface area contributed by atoms with E-state index in [1.807, 2.05) is 0 Å². The van der Waals surface area contributed by atoms with Gasteiger partial charge in [0.1, 0.15) is 6.54 Å². The Balaban J connectivity index is 2.98. The van der Waals surface area contributed by atoms with E-state index >= 15 is 0 Å². The smallest absolute Gasteiger partial charge is 0.395 e. The van der Waals surface area contributed by atoms with Gasteiger partial charge in [-0.3, -0.25) is 0 Å². The van der Waals surface area contributed by atoms with E-state index < -0.39 is 12.7 Å². The molecule has 0 spiro atoms. The topological polar surface area (TPSA) is 43.7 Å². The van der Waals surface area contributed by atoms with E-state index in [1.54, 1.807) is 19.1 Å². The van der Waals surface area contributed by atoms with Gasteiger partial charge in [-0.05, 0) is 24.1 Å². The summed E-state index contributed by atoms with van der Waals surface area (Å²) in [4.78, 5) is 1.08. The third-order valence-corrected chi connectivity index (χ3v) is 2.52. The fourth-order valence-corrected chi connectivity index (χ4v) is 1.79. The summed E-state index contributed by atoms with van der Waals surface area (Å²) < 4.78 is 37.3. The molecule has 1 rings (SSSR count). The van der Waals surface area contributed by atoms with Crippen molar-refractivity contribution < 1.29 is 23.4 Å². The molecule has 0 atom stereocenters. The monoisotopic (exact) mass is 263 g/mol. The summed E-state index contributed by atoms with van der Waals surface area (Å²) in [5.74, 6) is 0. The number of halogens is 3. The zero-order valence-electron chi connectivity index (χ0n) is 10.0. The lowest BCUT2D eigenvalue weighted by Crippen LogP contribution is -2.36. The zero-order valence-corrected chi connectivity index (χ0v) is 10.0. The third-order valence-electron chi connectivity index (χ3n) is 2.52. The minimum absolute atomic E-state index is 0.0845. The minimum atomic E-state index is -4.32. The van der Waals surface area contributed by atoms with Gasteiger partial charge in [0, 0.05) is 12.2 Å². The second-order valence-electron chi connectivity index (χ2n) is 4.04. The van der Waals surface area contributed by atoms with Crippen molar-refractivity contribution in [2.45, 2.75) is 19.7 Å². The maximum absolute atomic E-state index is 12.4. The molecule has 0 radical (unpaired) electrons. The molecule has 1 aromatic carbocycles. The van der Waals surface area contributed by atoms with Gasteiger partial charge in [0.15, 0.2) is 0 Å². The molecule has 0 fully saturated rings. The number of anilines is 1. The Morgan fingerprint density at radius 3 is 2.33 bits per heavy atom. The Kier molecular flexibility index (Phi) is 4.98. The van der Waals surface area contributed by atoms with Gasteiger partial charge in [0.05, 0.1) is 13.2 Å². The lowest BCUT2D eigenvalue weighted by molar-refractivity contribution is -0.119. The fraction of sp³-hybridized carbons (Fsp3) is 0.500. The molecule has 0 aliphatic heterocycles. The second kappa shape index (κ2) is 6.06. The molecule has 0 aromatic heterocycles. The molecule has 0 bridgehead atoms. The lowest BCUT2D eigenvalue weighted by Gasteiger charge is -2.27. The Morgan fingerprint density at radius 1 is 1.22 bits per heavy atom. The fourth-order valence-electron chi connectivity index (χ4n) is 1.79. The van der Waals surface area contributed by atoms with E-state index in [4.69, 9.17) is 10.2 Å². The van der Waals surface area contributed by atoms with Gasteiger partial charge in [-0.15, -0.1) is 0 Å². The summed E-state index contributed by atoms with van der Waals surface area (Å²) in [6.45, 7) is -0.0153. The summed E-state index contributed by atoms with van der Waals surface area (Å²) in [5, 5.41) is 17.8. The highest BCUT2D eigenvalue weighted by Crippen LogP contribution is 2.25. The molecule has 0 saturated heterocycles. The van der Waals surface area contributed by atoms with Gasteiger partial charge >= 0.3 is 6.18 Å². The van der Waals surface area contributed by atoms with Crippen molar-refractivity contribution in [2.24, 2.45) is 0 Å². The number of aliphatic hydroxyl groups excluding tert-OH is 2. The summed E-state index contributed by atoms with van der Waals surface area (Å²) >= 11 is 0. The van der Waals surface area contributed by atoms with E-state index in [-0.39, 0.29) is 19.8 Å². The van der Waals surface area contributed by atoms with Crippen LogP contribution in [0, 0.1) is 6.92 Å². The number of nitrogens with zero attached hydrogens (tertiary/aromatic N) is 1. The summed E-state index contributed by atoms with van der Waals surface area (Å²) in [6, 6.07) is 4.74. The van der Waals surface area contributed by atoms with Crippen molar-refractivity contribution in [1.82, 2.24) is 0 Å². The first-order valence-electron chi connectivity index (χ1n) is 5.50. The normalized spacial score (nSPS) is 11.7. The van der Waals surface area contributed by atoms with Crippen molar-refractivity contribution in [2.75, 3.05) is 24.6 Å². The summed E-state index contributed by atoms with van der Waals surface area (Å²) in [6.07, 6.45) is -4.32. The van der Waals surface area contributed by atoms with E-state index in [2.05, 4.69) is 0 Å². The number of rotatable bonds is 5. The zero-order chi connectivity index (χ0) is 13.8. The van der Waals surface area contributed by atoms with Gasteiger partial charge < -0.3 is 15.1 Å². The average Bonchev–Trinajstić information content (AvgIpc) is 2.26. The first-order chi connectivity index (χ1) is 8.37. The number of aliphatic hydroxyl groups is 2. The van der Waals surface area contributed by atoms with E-state index in [1.165, 1.54) is 6.07 Å². The molecule has 1 aromatic rings.